The fourth-order valence-electron chi connectivity index (χ4n) is 2.00. The average molecular weight is 246 g/mol. The maximum absolute atomic E-state index is 11.6. The lowest BCUT2D eigenvalue weighted by Crippen LogP contribution is -2.25. The molecule has 0 aliphatic carbocycles. The number of carbonyl (C=O) groups is 1. The summed E-state index contributed by atoms with van der Waals surface area (Å²) in [5.74, 6) is 0.621. The summed E-state index contributed by atoms with van der Waals surface area (Å²) in [5.41, 5.74) is 3.14. The molecule has 4 heteroatoms. The average Bonchev–Trinajstić information content (AvgIpc) is 2.28. The molecule has 1 aromatic carbocycles. The first-order chi connectivity index (χ1) is 8.49. The first kappa shape index (κ1) is 14.0. The zero-order chi connectivity index (χ0) is 13.7. The van der Waals surface area contributed by atoms with Gasteiger partial charge in [-0.25, -0.2) is 0 Å². The molecule has 0 atom stereocenters. The molecule has 0 saturated carbocycles. The Balaban J connectivity index is 2.97. The number of amides is 1. The Morgan fingerprint density at radius 3 is 2.67 bits per heavy atom. The van der Waals surface area contributed by atoms with Gasteiger partial charge in [0.25, 0.3) is 0 Å². The number of benzene rings is 1. The molecule has 0 spiro atoms. The molecular weight excluding hydrogens is 228 g/mol. The van der Waals surface area contributed by atoms with Gasteiger partial charge in [-0.1, -0.05) is 17.7 Å². The van der Waals surface area contributed by atoms with Gasteiger partial charge in [0.2, 0.25) is 5.91 Å². The van der Waals surface area contributed by atoms with E-state index < -0.39 is 0 Å². The third-order valence-electron chi connectivity index (χ3n) is 2.76. The smallest absolute Gasteiger partial charge is 0.236 e. The molecule has 1 amide bonds. The van der Waals surface area contributed by atoms with Crippen LogP contribution in [0.5, 0.6) is 5.75 Å². The largest absolute Gasteiger partial charge is 0.496 e. The molecule has 0 heterocycles. The predicted molar refractivity (Wildman–Crippen MR) is 69.2 cm³/mol. The van der Waals surface area contributed by atoms with Gasteiger partial charge >= 0.3 is 0 Å². The second-order valence-corrected chi connectivity index (χ2v) is 4.36. The number of hydrogen-bond donors (Lipinski definition) is 0. The molecule has 0 aliphatic rings. The first-order valence-electron chi connectivity index (χ1n) is 5.74. The van der Waals surface area contributed by atoms with Gasteiger partial charge in [0.1, 0.15) is 12.2 Å². The summed E-state index contributed by atoms with van der Waals surface area (Å²) in [5, 5.41) is 8.52. The molecule has 0 fully saturated rings. The van der Waals surface area contributed by atoms with Crippen LogP contribution in [0.15, 0.2) is 12.1 Å². The summed E-state index contributed by atoms with van der Waals surface area (Å²) >= 11 is 0. The van der Waals surface area contributed by atoms with Crippen LogP contribution in [0.2, 0.25) is 0 Å². The van der Waals surface area contributed by atoms with Crippen molar-refractivity contribution in [1.82, 2.24) is 4.90 Å². The van der Waals surface area contributed by atoms with E-state index in [1.165, 1.54) is 0 Å². The van der Waals surface area contributed by atoms with Crippen LogP contribution in [0.4, 0.5) is 0 Å². The van der Waals surface area contributed by atoms with Gasteiger partial charge in [-0.3, -0.25) is 4.79 Å². The molecule has 4 nitrogen and oxygen atoms in total. The van der Waals surface area contributed by atoms with E-state index in [1.807, 2.05) is 32.0 Å². The van der Waals surface area contributed by atoms with Crippen LogP contribution in [-0.4, -0.2) is 25.0 Å². The topological polar surface area (TPSA) is 53.3 Å². The zero-order valence-corrected chi connectivity index (χ0v) is 11.3. The van der Waals surface area contributed by atoms with E-state index in [4.69, 9.17) is 10.00 Å². The monoisotopic (exact) mass is 246 g/mol. The molecule has 0 radical (unpaired) electrons. The number of rotatable bonds is 4. The van der Waals surface area contributed by atoms with Gasteiger partial charge in [0, 0.05) is 19.2 Å². The predicted octanol–water partition coefficient (Wildman–Crippen LogP) is 2.18. The third-order valence-corrected chi connectivity index (χ3v) is 2.76. The highest BCUT2D eigenvalue weighted by molar-refractivity contribution is 5.78. The van der Waals surface area contributed by atoms with Gasteiger partial charge in [-0.2, -0.15) is 5.26 Å². The Morgan fingerprint density at radius 1 is 1.44 bits per heavy atom. The van der Waals surface area contributed by atoms with Gasteiger partial charge in [-0.05, 0) is 19.4 Å². The van der Waals surface area contributed by atoms with Gasteiger partial charge in [0.05, 0.1) is 13.2 Å². The van der Waals surface area contributed by atoms with Crippen molar-refractivity contribution < 1.29 is 9.53 Å². The number of nitrogens with zero attached hydrogens (tertiary/aromatic N) is 2. The molecule has 0 N–H and O–H groups in total. The third kappa shape index (κ3) is 3.24. The van der Waals surface area contributed by atoms with Gasteiger partial charge in [0.15, 0.2) is 0 Å². The van der Waals surface area contributed by atoms with Crippen LogP contribution in [0.25, 0.3) is 0 Å². The fraction of sp³-hybridized carbons (Fsp3) is 0.429. The maximum atomic E-state index is 11.6. The van der Waals surface area contributed by atoms with Crippen molar-refractivity contribution in [2.24, 2.45) is 0 Å². The van der Waals surface area contributed by atoms with Crippen molar-refractivity contribution in [1.29, 1.82) is 5.26 Å². The normalized spacial score (nSPS) is 9.72. The highest BCUT2D eigenvalue weighted by Crippen LogP contribution is 2.26. The number of ether oxygens (including phenoxy) is 1. The van der Waals surface area contributed by atoms with Crippen LogP contribution >= 0.6 is 0 Å². The first-order valence-corrected chi connectivity index (χ1v) is 5.74. The van der Waals surface area contributed by atoms with Crippen LogP contribution in [0.1, 0.15) is 23.1 Å². The molecule has 18 heavy (non-hydrogen) atoms. The van der Waals surface area contributed by atoms with E-state index >= 15 is 0 Å². The van der Waals surface area contributed by atoms with Crippen LogP contribution < -0.4 is 4.74 Å². The van der Waals surface area contributed by atoms with E-state index in [0.717, 1.165) is 22.4 Å². The number of carbonyl (C=O) groups excluding carboxylic acids is 1. The zero-order valence-electron chi connectivity index (χ0n) is 11.3. The summed E-state index contributed by atoms with van der Waals surface area (Å²) in [7, 11) is 3.31. The summed E-state index contributed by atoms with van der Waals surface area (Å²) in [6.07, 6.45) is -0.0936. The van der Waals surface area contributed by atoms with Crippen LogP contribution in [-0.2, 0) is 11.3 Å². The van der Waals surface area contributed by atoms with Crippen molar-refractivity contribution in [3.05, 3.63) is 28.8 Å². The Morgan fingerprint density at radius 2 is 2.11 bits per heavy atom. The molecule has 0 unspecified atom stereocenters. The minimum Gasteiger partial charge on any atom is -0.496 e. The second kappa shape index (κ2) is 6.06. The molecular formula is C14H18N2O2. The Labute approximate surface area is 108 Å². The second-order valence-electron chi connectivity index (χ2n) is 4.36. The van der Waals surface area contributed by atoms with Crippen molar-refractivity contribution in [2.75, 3.05) is 14.2 Å². The molecule has 96 valence electrons. The Bertz CT molecular complexity index is 489. The van der Waals surface area contributed by atoms with E-state index in [2.05, 4.69) is 0 Å². The van der Waals surface area contributed by atoms with E-state index in [-0.39, 0.29) is 12.3 Å². The van der Waals surface area contributed by atoms with E-state index in [9.17, 15) is 4.79 Å². The molecule has 1 rings (SSSR count). The van der Waals surface area contributed by atoms with Crippen molar-refractivity contribution >= 4 is 5.91 Å². The molecule has 1 aromatic rings. The Hall–Kier alpha value is -2.02. The van der Waals surface area contributed by atoms with E-state index in [1.54, 1.807) is 19.1 Å². The number of aryl methyl sites for hydroxylation is 2. The fourth-order valence-corrected chi connectivity index (χ4v) is 2.00. The summed E-state index contributed by atoms with van der Waals surface area (Å²) in [6, 6.07) is 5.91. The Kier molecular flexibility index (Phi) is 4.73. The number of hydrogen-bond acceptors (Lipinski definition) is 3. The molecule has 0 saturated heterocycles. The lowest BCUT2D eigenvalue weighted by atomic mass is 10.0. The standard InChI is InChI=1S/C14H18N2O2/c1-10-7-11(2)14(18-4)12(8-10)9-16(3)13(17)5-6-15/h7-8H,5,9H2,1-4H3. The molecule has 0 bridgehead atoms. The van der Waals surface area contributed by atoms with Crippen molar-refractivity contribution in [3.8, 4) is 11.8 Å². The lowest BCUT2D eigenvalue weighted by molar-refractivity contribution is -0.129. The minimum atomic E-state index is -0.182. The quantitative estimate of drug-likeness (QED) is 0.818. The number of nitriles is 1. The molecule has 0 aliphatic heterocycles. The highest BCUT2D eigenvalue weighted by Gasteiger charge is 2.13. The lowest BCUT2D eigenvalue weighted by Gasteiger charge is -2.19. The van der Waals surface area contributed by atoms with Gasteiger partial charge < -0.3 is 9.64 Å². The maximum Gasteiger partial charge on any atom is 0.236 e. The SMILES string of the molecule is COc1c(C)cc(C)cc1CN(C)C(=O)CC#N. The van der Waals surface area contributed by atoms with Crippen molar-refractivity contribution in [3.63, 3.8) is 0 Å². The van der Waals surface area contributed by atoms with E-state index in [0.29, 0.717) is 6.54 Å². The summed E-state index contributed by atoms with van der Waals surface area (Å²) in [4.78, 5) is 13.1. The van der Waals surface area contributed by atoms with Crippen LogP contribution in [0.3, 0.4) is 0 Å². The highest BCUT2D eigenvalue weighted by atomic mass is 16.5. The van der Waals surface area contributed by atoms with Crippen LogP contribution in [0, 0.1) is 25.2 Å². The number of methoxy groups -OCH3 is 1. The summed E-state index contributed by atoms with van der Waals surface area (Å²) < 4.78 is 5.37. The van der Waals surface area contributed by atoms with Gasteiger partial charge in [-0.15, -0.1) is 0 Å². The minimum absolute atomic E-state index is 0.0936. The molecule has 0 aromatic heterocycles. The summed E-state index contributed by atoms with van der Waals surface area (Å²) in [6.45, 7) is 4.44. The van der Waals surface area contributed by atoms with Crippen molar-refractivity contribution in [2.45, 2.75) is 26.8 Å².